The Morgan fingerprint density at radius 3 is 2.71 bits per heavy atom. The zero-order valence-corrected chi connectivity index (χ0v) is 10.2. The van der Waals surface area contributed by atoms with E-state index in [-0.39, 0.29) is 11.4 Å². The Bertz CT molecular complexity index is 433. The van der Waals surface area contributed by atoms with E-state index in [0.717, 1.165) is 30.6 Å². The van der Waals surface area contributed by atoms with Crippen LogP contribution < -0.4 is 9.47 Å². The van der Waals surface area contributed by atoms with Crippen LogP contribution in [0.15, 0.2) is 12.1 Å². The van der Waals surface area contributed by atoms with Crippen LogP contribution in [0.5, 0.6) is 17.2 Å². The third-order valence-corrected chi connectivity index (χ3v) is 3.97. The van der Waals surface area contributed by atoms with E-state index in [9.17, 15) is 5.11 Å². The lowest BCUT2D eigenvalue weighted by molar-refractivity contribution is 0.0527. The molecule has 0 aromatic heterocycles. The van der Waals surface area contributed by atoms with Gasteiger partial charge in [0, 0.05) is 18.1 Å². The number of benzene rings is 1. The number of fused-ring (bicyclic) bond motifs is 1. The fourth-order valence-corrected chi connectivity index (χ4v) is 3.08. The fourth-order valence-electron chi connectivity index (χ4n) is 3.08. The summed E-state index contributed by atoms with van der Waals surface area (Å²) >= 11 is 0. The van der Waals surface area contributed by atoms with Crippen molar-refractivity contribution >= 4 is 0 Å². The molecule has 1 fully saturated rings. The average Bonchev–Trinajstić information content (AvgIpc) is 2.65. The van der Waals surface area contributed by atoms with Crippen LogP contribution in [0.1, 0.15) is 37.7 Å². The molecule has 1 N–H and O–H groups in total. The van der Waals surface area contributed by atoms with Gasteiger partial charge in [0.1, 0.15) is 11.4 Å². The smallest absolute Gasteiger partial charge is 0.164 e. The Labute approximate surface area is 101 Å². The molecular weight excluding hydrogens is 216 g/mol. The minimum atomic E-state index is -0.000607. The molecule has 0 radical (unpaired) electrons. The van der Waals surface area contributed by atoms with E-state index in [2.05, 4.69) is 0 Å². The quantitative estimate of drug-likeness (QED) is 0.811. The van der Waals surface area contributed by atoms with Crippen LogP contribution in [0.2, 0.25) is 0 Å². The molecule has 1 aromatic carbocycles. The van der Waals surface area contributed by atoms with Crippen molar-refractivity contribution in [3.8, 4) is 17.2 Å². The first kappa shape index (κ1) is 10.8. The highest BCUT2D eigenvalue weighted by Gasteiger charge is 2.40. The van der Waals surface area contributed by atoms with Crippen molar-refractivity contribution in [2.45, 2.75) is 44.1 Å². The zero-order valence-electron chi connectivity index (χ0n) is 10.2. The van der Waals surface area contributed by atoms with Gasteiger partial charge in [-0.2, -0.15) is 0 Å². The Morgan fingerprint density at radius 1 is 1.24 bits per heavy atom. The monoisotopic (exact) mass is 234 g/mol. The lowest BCUT2D eigenvalue weighted by atomic mass is 9.82. The van der Waals surface area contributed by atoms with Crippen molar-refractivity contribution in [3.63, 3.8) is 0 Å². The molecule has 17 heavy (non-hydrogen) atoms. The van der Waals surface area contributed by atoms with Crippen LogP contribution >= 0.6 is 0 Å². The third-order valence-electron chi connectivity index (χ3n) is 3.97. The highest BCUT2D eigenvalue weighted by molar-refractivity contribution is 5.52. The minimum Gasteiger partial charge on any atom is -0.504 e. The van der Waals surface area contributed by atoms with Gasteiger partial charge in [0.25, 0.3) is 0 Å². The topological polar surface area (TPSA) is 38.7 Å². The Balaban J connectivity index is 1.92. The zero-order chi connectivity index (χ0) is 11.9. The van der Waals surface area contributed by atoms with Gasteiger partial charge in [-0.05, 0) is 31.7 Å². The molecule has 2 aliphatic rings. The van der Waals surface area contributed by atoms with Crippen LogP contribution in [-0.4, -0.2) is 17.8 Å². The number of hydrogen-bond acceptors (Lipinski definition) is 3. The molecule has 1 heterocycles. The van der Waals surface area contributed by atoms with Gasteiger partial charge in [0.15, 0.2) is 11.5 Å². The number of aromatic hydroxyl groups is 1. The van der Waals surface area contributed by atoms with Gasteiger partial charge in [-0.3, -0.25) is 0 Å². The first-order valence-electron chi connectivity index (χ1n) is 6.31. The first-order chi connectivity index (χ1) is 8.22. The van der Waals surface area contributed by atoms with Crippen molar-refractivity contribution < 1.29 is 14.6 Å². The second-order valence-corrected chi connectivity index (χ2v) is 5.15. The molecule has 3 rings (SSSR count). The predicted molar refractivity (Wildman–Crippen MR) is 64.8 cm³/mol. The Kier molecular flexibility index (Phi) is 2.42. The van der Waals surface area contributed by atoms with Gasteiger partial charge in [-0.15, -0.1) is 0 Å². The van der Waals surface area contributed by atoms with Gasteiger partial charge < -0.3 is 14.6 Å². The van der Waals surface area contributed by atoms with E-state index in [1.807, 2.05) is 6.07 Å². The number of phenolic OH excluding ortho intramolecular Hbond substituents is 1. The minimum absolute atomic E-state index is 0.000607. The number of methoxy groups -OCH3 is 1. The number of hydrogen-bond donors (Lipinski definition) is 1. The summed E-state index contributed by atoms with van der Waals surface area (Å²) < 4.78 is 11.3. The summed E-state index contributed by atoms with van der Waals surface area (Å²) in [6.07, 6.45) is 7.00. The molecule has 0 atom stereocenters. The molecule has 0 unspecified atom stereocenters. The standard InChI is InChI=1S/C14H18O3/c1-16-13-8-12-10(7-11(13)15)9-14(17-12)5-3-2-4-6-14/h7-8,15H,2-6,9H2,1H3. The summed E-state index contributed by atoms with van der Waals surface area (Å²) in [6, 6.07) is 3.60. The normalized spacial score (nSPS) is 21.0. The van der Waals surface area contributed by atoms with Gasteiger partial charge in [0.05, 0.1) is 7.11 Å². The van der Waals surface area contributed by atoms with E-state index in [1.165, 1.54) is 19.3 Å². The van der Waals surface area contributed by atoms with Crippen molar-refractivity contribution in [2.24, 2.45) is 0 Å². The molecule has 1 aliphatic heterocycles. The second-order valence-electron chi connectivity index (χ2n) is 5.15. The van der Waals surface area contributed by atoms with Crippen LogP contribution in [0.3, 0.4) is 0 Å². The Hall–Kier alpha value is -1.38. The van der Waals surface area contributed by atoms with Crippen LogP contribution in [0, 0.1) is 0 Å². The van der Waals surface area contributed by atoms with Crippen molar-refractivity contribution in [1.29, 1.82) is 0 Å². The molecule has 3 heteroatoms. The van der Waals surface area contributed by atoms with Crippen molar-refractivity contribution in [2.75, 3.05) is 7.11 Å². The maximum Gasteiger partial charge on any atom is 0.164 e. The van der Waals surface area contributed by atoms with Crippen LogP contribution in [-0.2, 0) is 6.42 Å². The van der Waals surface area contributed by atoms with E-state index in [0.29, 0.717) is 5.75 Å². The SMILES string of the molecule is COc1cc2c(cc1O)CC1(CCCCC1)O2. The summed E-state index contributed by atoms with van der Waals surface area (Å²) in [4.78, 5) is 0. The largest absolute Gasteiger partial charge is 0.504 e. The summed E-state index contributed by atoms with van der Waals surface area (Å²) in [7, 11) is 1.56. The molecule has 1 aromatic rings. The van der Waals surface area contributed by atoms with Crippen LogP contribution in [0.4, 0.5) is 0 Å². The molecule has 0 saturated heterocycles. The lowest BCUT2D eigenvalue weighted by Crippen LogP contribution is -2.36. The van der Waals surface area contributed by atoms with Gasteiger partial charge in [-0.1, -0.05) is 6.42 Å². The van der Waals surface area contributed by atoms with Crippen molar-refractivity contribution in [3.05, 3.63) is 17.7 Å². The number of ether oxygens (including phenoxy) is 2. The fraction of sp³-hybridized carbons (Fsp3) is 0.571. The van der Waals surface area contributed by atoms with Crippen LogP contribution in [0.25, 0.3) is 0 Å². The third kappa shape index (κ3) is 1.74. The molecular formula is C14H18O3. The molecule has 1 spiro atoms. The van der Waals surface area contributed by atoms with Gasteiger partial charge in [-0.25, -0.2) is 0 Å². The maximum absolute atomic E-state index is 9.78. The highest BCUT2D eigenvalue weighted by atomic mass is 16.5. The molecule has 0 bridgehead atoms. The first-order valence-corrected chi connectivity index (χ1v) is 6.31. The Morgan fingerprint density at radius 2 is 2.00 bits per heavy atom. The number of rotatable bonds is 1. The summed E-state index contributed by atoms with van der Waals surface area (Å²) in [5, 5.41) is 9.78. The average molecular weight is 234 g/mol. The molecule has 1 saturated carbocycles. The molecule has 0 amide bonds. The number of phenols is 1. The molecule has 1 aliphatic carbocycles. The summed E-state index contributed by atoms with van der Waals surface area (Å²) in [5.41, 5.74) is 1.12. The van der Waals surface area contributed by atoms with Gasteiger partial charge in [0.2, 0.25) is 0 Å². The van der Waals surface area contributed by atoms with Crippen molar-refractivity contribution in [1.82, 2.24) is 0 Å². The molecule has 92 valence electrons. The second kappa shape index (κ2) is 3.83. The van der Waals surface area contributed by atoms with E-state index < -0.39 is 0 Å². The highest BCUT2D eigenvalue weighted by Crippen LogP contribution is 2.46. The maximum atomic E-state index is 9.78. The van der Waals surface area contributed by atoms with E-state index in [1.54, 1.807) is 13.2 Å². The predicted octanol–water partition coefficient (Wildman–Crippen LogP) is 3.04. The lowest BCUT2D eigenvalue weighted by Gasteiger charge is -2.32. The van der Waals surface area contributed by atoms with E-state index in [4.69, 9.17) is 9.47 Å². The molecule has 3 nitrogen and oxygen atoms in total. The van der Waals surface area contributed by atoms with Gasteiger partial charge >= 0.3 is 0 Å². The summed E-state index contributed by atoms with van der Waals surface area (Å²) in [5.74, 6) is 1.60. The van der Waals surface area contributed by atoms with E-state index >= 15 is 0 Å². The summed E-state index contributed by atoms with van der Waals surface area (Å²) in [6.45, 7) is 0.